The number of carbonyl (C=O) groups excluding carboxylic acids is 1. The van der Waals surface area contributed by atoms with Gasteiger partial charge in [-0.3, -0.25) is 4.79 Å². The molecule has 1 aromatic carbocycles. The van der Waals surface area contributed by atoms with E-state index in [0.717, 1.165) is 10.4 Å². The third-order valence-corrected chi connectivity index (χ3v) is 5.75. The van der Waals surface area contributed by atoms with Crippen molar-refractivity contribution in [1.29, 1.82) is 0 Å². The normalized spacial score (nSPS) is 27.1. The molecule has 1 aliphatic carbocycles. The van der Waals surface area contributed by atoms with Gasteiger partial charge >= 0.3 is 5.97 Å². The summed E-state index contributed by atoms with van der Waals surface area (Å²) in [5, 5.41) is 8.93. The van der Waals surface area contributed by atoms with Crippen molar-refractivity contribution in [1.82, 2.24) is 4.31 Å². The Morgan fingerprint density at radius 3 is 2.55 bits per heavy atom. The molecular formula is C13H13NO5S. The number of rotatable bonds is 2. The Kier molecular flexibility index (Phi) is 2.66. The lowest BCUT2D eigenvalue weighted by Crippen LogP contribution is -2.46. The number of benzene rings is 1. The number of carbonyl (C=O) groups is 2. The summed E-state index contributed by atoms with van der Waals surface area (Å²) >= 11 is 0. The van der Waals surface area contributed by atoms with Crippen molar-refractivity contribution in [2.75, 3.05) is 0 Å². The van der Waals surface area contributed by atoms with Crippen LogP contribution >= 0.6 is 0 Å². The molecule has 1 aliphatic heterocycles. The maximum atomic E-state index is 12.4. The first-order valence-corrected chi connectivity index (χ1v) is 7.72. The van der Waals surface area contributed by atoms with Crippen molar-refractivity contribution in [2.24, 2.45) is 5.92 Å². The monoisotopic (exact) mass is 295 g/mol. The van der Waals surface area contributed by atoms with Crippen LogP contribution in [0.1, 0.15) is 40.5 Å². The molecule has 3 rings (SSSR count). The van der Waals surface area contributed by atoms with Crippen LogP contribution in [0.2, 0.25) is 0 Å². The lowest BCUT2D eigenvalue weighted by atomic mass is 9.82. The SMILES string of the molecule is CC1CC(N2C(=O)c3ccc(C(=O)O)cc3S2(=O)=O)C1. The molecule has 0 saturated heterocycles. The Morgan fingerprint density at radius 2 is 2.00 bits per heavy atom. The second-order valence-corrected chi connectivity index (χ2v) is 7.14. The molecule has 0 atom stereocenters. The highest BCUT2D eigenvalue weighted by molar-refractivity contribution is 7.90. The fourth-order valence-electron chi connectivity index (χ4n) is 2.79. The van der Waals surface area contributed by atoms with Crippen LogP contribution in [0.4, 0.5) is 0 Å². The van der Waals surface area contributed by atoms with Crippen LogP contribution in [-0.4, -0.2) is 35.7 Å². The first-order valence-electron chi connectivity index (χ1n) is 6.28. The van der Waals surface area contributed by atoms with Crippen molar-refractivity contribution in [3.63, 3.8) is 0 Å². The summed E-state index contributed by atoms with van der Waals surface area (Å²) in [4.78, 5) is 23.0. The predicted molar refractivity (Wildman–Crippen MR) is 68.9 cm³/mol. The summed E-state index contributed by atoms with van der Waals surface area (Å²) in [6.45, 7) is 2.00. The Bertz CT molecular complexity index is 718. The first-order chi connectivity index (χ1) is 9.32. The maximum absolute atomic E-state index is 12.4. The van der Waals surface area contributed by atoms with Gasteiger partial charge in [-0.25, -0.2) is 17.5 Å². The van der Waals surface area contributed by atoms with Gasteiger partial charge in [-0.2, -0.15) is 0 Å². The van der Waals surface area contributed by atoms with E-state index in [1.807, 2.05) is 6.92 Å². The summed E-state index contributed by atoms with van der Waals surface area (Å²) in [6, 6.07) is 3.29. The highest BCUT2D eigenvalue weighted by atomic mass is 32.2. The number of hydrogen-bond acceptors (Lipinski definition) is 4. The molecule has 0 radical (unpaired) electrons. The molecule has 1 amide bonds. The van der Waals surface area contributed by atoms with Gasteiger partial charge in [-0.15, -0.1) is 0 Å². The highest BCUT2D eigenvalue weighted by Gasteiger charge is 2.48. The number of aromatic carboxylic acids is 1. The quantitative estimate of drug-likeness (QED) is 0.888. The largest absolute Gasteiger partial charge is 0.478 e. The number of carboxylic acid groups (broad SMARTS) is 1. The Morgan fingerprint density at radius 1 is 1.35 bits per heavy atom. The Balaban J connectivity index is 2.09. The van der Waals surface area contributed by atoms with Crippen LogP contribution in [0.25, 0.3) is 0 Å². The number of sulfonamides is 1. The summed E-state index contributed by atoms with van der Waals surface area (Å²) in [5.74, 6) is -1.36. The molecule has 106 valence electrons. The van der Waals surface area contributed by atoms with E-state index in [4.69, 9.17) is 5.11 Å². The van der Waals surface area contributed by atoms with Gasteiger partial charge in [-0.05, 0) is 37.0 Å². The van der Waals surface area contributed by atoms with E-state index in [1.165, 1.54) is 12.1 Å². The summed E-state index contributed by atoms with van der Waals surface area (Å²) in [7, 11) is -3.91. The van der Waals surface area contributed by atoms with Crippen LogP contribution in [0.3, 0.4) is 0 Å². The fourth-order valence-corrected chi connectivity index (χ4v) is 4.60. The predicted octanol–water partition coefficient (Wildman–Crippen LogP) is 1.33. The van der Waals surface area contributed by atoms with Crippen LogP contribution in [0.5, 0.6) is 0 Å². The van der Waals surface area contributed by atoms with Gasteiger partial charge in [0.25, 0.3) is 15.9 Å². The van der Waals surface area contributed by atoms with Gasteiger partial charge in [0.05, 0.1) is 11.1 Å². The van der Waals surface area contributed by atoms with Crippen molar-refractivity contribution >= 4 is 21.9 Å². The zero-order valence-corrected chi connectivity index (χ0v) is 11.6. The third kappa shape index (κ3) is 1.66. The van der Waals surface area contributed by atoms with Gasteiger partial charge in [0.2, 0.25) is 0 Å². The molecule has 1 N–H and O–H groups in total. The standard InChI is InChI=1S/C13H13NO5S/c1-7-4-9(5-7)14-12(15)10-3-2-8(13(16)17)6-11(10)20(14,18)19/h2-3,6-7,9H,4-5H2,1H3,(H,16,17). The van der Waals surface area contributed by atoms with Crippen LogP contribution in [-0.2, 0) is 10.0 Å². The second-order valence-electron chi connectivity index (χ2n) is 5.35. The molecule has 7 heteroatoms. The number of amides is 1. The summed E-state index contributed by atoms with van der Waals surface area (Å²) < 4.78 is 25.8. The molecule has 20 heavy (non-hydrogen) atoms. The second kappa shape index (κ2) is 4.05. The molecule has 0 aromatic heterocycles. The van der Waals surface area contributed by atoms with Crippen molar-refractivity contribution in [3.8, 4) is 0 Å². The Hall–Kier alpha value is -1.89. The number of fused-ring (bicyclic) bond motifs is 1. The fraction of sp³-hybridized carbons (Fsp3) is 0.385. The van der Waals surface area contributed by atoms with E-state index in [9.17, 15) is 18.0 Å². The smallest absolute Gasteiger partial charge is 0.335 e. The van der Waals surface area contributed by atoms with Crippen molar-refractivity contribution in [2.45, 2.75) is 30.7 Å². The minimum Gasteiger partial charge on any atom is -0.478 e. The van der Waals surface area contributed by atoms with Crippen molar-refractivity contribution < 1.29 is 23.1 Å². The molecule has 1 heterocycles. The van der Waals surface area contributed by atoms with E-state index in [0.29, 0.717) is 18.8 Å². The zero-order chi connectivity index (χ0) is 14.7. The molecule has 0 unspecified atom stereocenters. The van der Waals surface area contributed by atoms with E-state index in [1.54, 1.807) is 0 Å². The van der Waals surface area contributed by atoms with E-state index in [2.05, 4.69) is 0 Å². The number of nitrogens with zero attached hydrogens (tertiary/aromatic N) is 1. The topological polar surface area (TPSA) is 91.8 Å². The minimum atomic E-state index is -3.91. The van der Waals surface area contributed by atoms with Gasteiger partial charge in [0.15, 0.2) is 0 Å². The number of hydrogen-bond donors (Lipinski definition) is 1. The molecular weight excluding hydrogens is 282 g/mol. The van der Waals surface area contributed by atoms with Gasteiger partial charge in [0.1, 0.15) is 4.90 Å². The Labute approximate surface area is 116 Å². The van der Waals surface area contributed by atoms with Gasteiger partial charge < -0.3 is 5.11 Å². The highest BCUT2D eigenvalue weighted by Crippen LogP contribution is 2.40. The molecule has 0 bridgehead atoms. The summed E-state index contributed by atoms with van der Waals surface area (Å²) in [5.41, 5.74) is -0.0708. The molecule has 6 nitrogen and oxygen atoms in total. The van der Waals surface area contributed by atoms with Crippen LogP contribution in [0.15, 0.2) is 23.1 Å². The third-order valence-electron chi connectivity index (χ3n) is 3.88. The van der Waals surface area contributed by atoms with Gasteiger partial charge in [-0.1, -0.05) is 6.92 Å². The molecule has 1 saturated carbocycles. The minimum absolute atomic E-state index is 0.0644. The first kappa shape index (κ1) is 13.1. The number of carboxylic acids is 1. The van der Waals surface area contributed by atoms with E-state index < -0.39 is 21.9 Å². The van der Waals surface area contributed by atoms with Crippen LogP contribution < -0.4 is 0 Å². The molecule has 2 aliphatic rings. The summed E-state index contributed by atoms with van der Waals surface area (Å²) in [6.07, 6.45) is 1.31. The molecule has 1 aromatic rings. The molecule has 0 spiro atoms. The lowest BCUT2D eigenvalue weighted by molar-refractivity contribution is 0.0692. The lowest BCUT2D eigenvalue weighted by Gasteiger charge is -2.38. The average molecular weight is 295 g/mol. The maximum Gasteiger partial charge on any atom is 0.335 e. The van der Waals surface area contributed by atoms with Crippen molar-refractivity contribution in [3.05, 3.63) is 29.3 Å². The zero-order valence-electron chi connectivity index (χ0n) is 10.7. The van der Waals surface area contributed by atoms with E-state index >= 15 is 0 Å². The van der Waals surface area contributed by atoms with Gasteiger partial charge in [0, 0.05) is 6.04 Å². The average Bonchev–Trinajstić information content (AvgIpc) is 2.54. The molecule has 1 fully saturated rings. The van der Waals surface area contributed by atoms with Crippen LogP contribution in [0, 0.1) is 5.92 Å². The van der Waals surface area contributed by atoms with E-state index in [-0.39, 0.29) is 22.1 Å².